The van der Waals surface area contributed by atoms with Gasteiger partial charge < -0.3 is 10.2 Å². The summed E-state index contributed by atoms with van der Waals surface area (Å²) >= 11 is 0. The van der Waals surface area contributed by atoms with Crippen LogP contribution in [0.2, 0.25) is 0 Å². The van der Waals surface area contributed by atoms with E-state index < -0.39 is 0 Å². The fourth-order valence-corrected chi connectivity index (χ4v) is 4.43. The number of hydrogen-bond donors (Lipinski definition) is 2. The van der Waals surface area contributed by atoms with E-state index in [9.17, 15) is 10.2 Å². The predicted molar refractivity (Wildman–Crippen MR) is 177 cm³/mol. The zero-order chi connectivity index (χ0) is 31.1. The normalized spacial score (nSPS) is 11.9. The summed E-state index contributed by atoms with van der Waals surface area (Å²) in [5.74, 6) is 0.133. The van der Waals surface area contributed by atoms with Gasteiger partial charge in [0.05, 0.1) is 34.1 Å². The van der Waals surface area contributed by atoms with Crippen LogP contribution in [0.4, 0.5) is 34.1 Å². The van der Waals surface area contributed by atoms with Crippen LogP contribution < -0.4 is 0 Å². The smallest absolute Gasteiger partial charge is 0.124 e. The van der Waals surface area contributed by atoms with Gasteiger partial charge in [0.1, 0.15) is 11.5 Å². The van der Waals surface area contributed by atoms with Crippen molar-refractivity contribution in [2.75, 3.05) is 0 Å². The van der Waals surface area contributed by atoms with Gasteiger partial charge in [-0.25, -0.2) is 0 Å². The Morgan fingerprint density at radius 1 is 0.455 bits per heavy atom. The van der Waals surface area contributed by atoms with Crippen molar-refractivity contribution in [1.29, 1.82) is 0 Å². The van der Waals surface area contributed by atoms with Crippen LogP contribution in [0.1, 0.15) is 33.4 Å². The molecule has 5 rings (SSSR count). The van der Waals surface area contributed by atoms with Gasteiger partial charge in [0, 0.05) is 23.6 Å². The molecular formula is C36H32N6O2. The Labute approximate surface area is 256 Å². The molecule has 0 aliphatic rings. The highest BCUT2D eigenvalue weighted by Crippen LogP contribution is 2.31. The Kier molecular flexibility index (Phi) is 9.10. The molecule has 0 bridgehead atoms. The molecule has 0 heterocycles. The average Bonchev–Trinajstić information content (AvgIpc) is 3.00. The molecule has 0 aliphatic heterocycles. The Balaban J connectivity index is 1.35. The standard InChI is InChI=1S/C36H32N6O2/c1-23-9-13-31(25(3)17-23)41-39-29-11-15-35(43)27(19-29)21-37-33-7-5-6-8-34(33)38-22-28-20-30(12-16-36(28)44)40-42-32-14-10-24(2)18-26(32)4/h5-22,43-44H,1-4H3. The minimum absolute atomic E-state index is 0.0666. The molecule has 8 nitrogen and oxygen atoms in total. The molecule has 0 unspecified atom stereocenters. The largest absolute Gasteiger partial charge is 0.507 e. The maximum absolute atomic E-state index is 10.5. The molecule has 0 fully saturated rings. The van der Waals surface area contributed by atoms with E-state index in [1.165, 1.54) is 0 Å². The first-order valence-electron chi connectivity index (χ1n) is 14.1. The van der Waals surface area contributed by atoms with Crippen LogP contribution in [0.3, 0.4) is 0 Å². The quantitative estimate of drug-likeness (QED) is 0.140. The number of benzene rings is 5. The maximum Gasteiger partial charge on any atom is 0.124 e. The van der Waals surface area contributed by atoms with Crippen molar-refractivity contribution < 1.29 is 10.2 Å². The van der Waals surface area contributed by atoms with E-state index in [1.807, 2.05) is 76.2 Å². The molecule has 5 aromatic carbocycles. The van der Waals surface area contributed by atoms with E-state index in [0.717, 1.165) is 33.6 Å². The van der Waals surface area contributed by atoms with E-state index in [-0.39, 0.29) is 11.5 Å². The van der Waals surface area contributed by atoms with Gasteiger partial charge in [-0.15, -0.1) is 0 Å². The molecule has 0 spiro atoms. The number of aromatic hydroxyl groups is 2. The lowest BCUT2D eigenvalue weighted by atomic mass is 10.1. The number of phenolic OH excluding ortho intramolecular Hbond substituents is 2. The van der Waals surface area contributed by atoms with E-state index >= 15 is 0 Å². The monoisotopic (exact) mass is 580 g/mol. The van der Waals surface area contributed by atoms with E-state index in [4.69, 9.17) is 0 Å². The van der Waals surface area contributed by atoms with Crippen molar-refractivity contribution >= 4 is 46.6 Å². The summed E-state index contributed by atoms with van der Waals surface area (Å²) in [5, 5.41) is 38.3. The van der Waals surface area contributed by atoms with Gasteiger partial charge in [-0.1, -0.05) is 47.5 Å². The second-order valence-corrected chi connectivity index (χ2v) is 10.5. The van der Waals surface area contributed by atoms with Crippen molar-refractivity contribution in [1.82, 2.24) is 0 Å². The number of azo groups is 2. The molecule has 0 amide bonds. The molecule has 0 saturated carbocycles. The van der Waals surface area contributed by atoms with Gasteiger partial charge in [0.25, 0.3) is 0 Å². The molecule has 0 atom stereocenters. The summed E-state index contributed by atoms with van der Waals surface area (Å²) in [6, 6.07) is 29.3. The highest BCUT2D eigenvalue weighted by atomic mass is 16.3. The van der Waals surface area contributed by atoms with Gasteiger partial charge in [0.15, 0.2) is 0 Å². The van der Waals surface area contributed by atoms with Gasteiger partial charge in [-0.3, -0.25) is 9.98 Å². The summed E-state index contributed by atoms with van der Waals surface area (Å²) in [5.41, 5.74) is 9.26. The molecule has 5 aromatic rings. The summed E-state index contributed by atoms with van der Waals surface area (Å²) < 4.78 is 0. The van der Waals surface area contributed by atoms with Gasteiger partial charge >= 0.3 is 0 Å². The Hall–Kier alpha value is -5.76. The van der Waals surface area contributed by atoms with Crippen molar-refractivity contribution in [3.63, 3.8) is 0 Å². The van der Waals surface area contributed by atoms with Gasteiger partial charge in [0.2, 0.25) is 0 Å². The third-order valence-electron chi connectivity index (χ3n) is 6.84. The summed E-state index contributed by atoms with van der Waals surface area (Å²) in [7, 11) is 0. The second kappa shape index (κ2) is 13.5. The molecule has 0 aromatic heterocycles. The molecule has 218 valence electrons. The highest BCUT2D eigenvalue weighted by molar-refractivity contribution is 5.90. The first-order chi connectivity index (χ1) is 21.2. The van der Waals surface area contributed by atoms with E-state index in [0.29, 0.717) is 33.9 Å². The number of aliphatic imine (C=N–C) groups is 2. The topological polar surface area (TPSA) is 115 Å². The fourth-order valence-electron chi connectivity index (χ4n) is 4.43. The number of aryl methyl sites for hydroxylation is 4. The SMILES string of the molecule is Cc1ccc(N=Nc2ccc(O)c(C=Nc3ccccc3N=Cc3cc(N=Nc4ccc(C)cc4C)ccc3O)c2)c(C)c1. The molecule has 0 aliphatic carbocycles. The number of hydrogen-bond acceptors (Lipinski definition) is 8. The van der Waals surface area contributed by atoms with Crippen LogP contribution in [0, 0.1) is 27.7 Å². The van der Waals surface area contributed by atoms with Crippen molar-refractivity contribution in [3.8, 4) is 11.5 Å². The highest BCUT2D eigenvalue weighted by Gasteiger charge is 2.05. The molecular weight excluding hydrogens is 548 g/mol. The Morgan fingerprint density at radius 3 is 1.30 bits per heavy atom. The number of phenols is 2. The summed E-state index contributed by atoms with van der Waals surface area (Å²) in [6.07, 6.45) is 3.12. The number of rotatable bonds is 8. The van der Waals surface area contributed by atoms with Crippen LogP contribution in [-0.4, -0.2) is 22.6 Å². The van der Waals surface area contributed by atoms with E-state index in [2.05, 4.69) is 42.6 Å². The fraction of sp³-hybridized carbons (Fsp3) is 0.111. The lowest BCUT2D eigenvalue weighted by molar-refractivity contribution is 0.474. The molecule has 2 N–H and O–H groups in total. The molecule has 44 heavy (non-hydrogen) atoms. The van der Waals surface area contributed by atoms with Crippen molar-refractivity contribution in [3.05, 3.63) is 130 Å². The third kappa shape index (κ3) is 7.54. The van der Waals surface area contributed by atoms with Gasteiger partial charge in [-0.2, -0.15) is 20.5 Å². The lowest BCUT2D eigenvalue weighted by Crippen LogP contribution is -1.84. The lowest BCUT2D eigenvalue weighted by Gasteiger charge is -2.04. The average molecular weight is 581 g/mol. The molecule has 8 heteroatoms. The molecule has 0 radical (unpaired) electrons. The minimum atomic E-state index is 0.0666. The zero-order valence-corrected chi connectivity index (χ0v) is 25.0. The maximum atomic E-state index is 10.5. The molecule has 0 saturated heterocycles. The first-order valence-corrected chi connectivity index (χ1v) is 14.1. The van der Waals surface area contributed by atoms with Crippen LogP contribution in [-0.2, 0) is 0 Å². The van der Waals surface area contributed by atoms with Crippen LogP contribution in [0.5, 0.6) is 11.5 Å². The van der Waals surface area contributed by atoms with Crippen LogP contribution in [0.15, 0.2) is 128 Å². The third-order valence-corrected chi connectivity index (χ3v) is 6.84. The number of nitrogens with zero attached hydrogens (tertiary/aromatic N) is 6. The second-order valence-electron chi connectivity index (χ2n) is 10.5. The Morgan fingerprint density at radius 2 is 0.886 bits per heavy atom. The van der Waals surface area contributed by atoms with Crippen molar-refractivity contribution in [2.45, 2.75) is 27.7 Å². The van der Waals surface area contributed by atoms with Crippen LogP contribution >= 0.6 is 0 Å². The van der Waals surface area contributed by atoms with Crippen LogP contribution in [0.25, 0.3) is 0 Å². The summed E-state index contributed by atoms with van der Waals surface area (Å²) in [4.78, 5) is 9.17. The van der Waals surface area contributed by atoms with E-state index in [1.54, 1.807) is 48.8 Å². The van der Waals surface area contributed by atoms with Gasteiger partial charge in [-0.05, 0) is 99.5 Å². The predicted octanol–water partition coefficient (Wildman–Crippen LogP) is 10.7. The zero-order valence-electron chi connectivity index (χ0n) is 25.0. The minimum Gasteiger partial charge on any atom is -0.507 e. The summed E-state index contributed by atoms with van der Waals surface area (Å²) in [6.45, 7) is 8.05. The first kappa shape index (κ1) is 29.7. The number of para-hydroxylation sites is 2. The van der Waals surface area contributed by atoms with Crippen molar-refractivity contribution in [2.24, 2.45) is 30.4 Å². The Bertz CT molecular complexity index is 1800.